The minimum Gasteiger partial charge on any atom is -0.274 e. The standard InChI is InChI=1S/C19H16N4O3/c24-15(23-14-4-2-1-3-13(14)20-21-23)8-22-18(25)16-9-5-6-10(12-7-11(9)12)17(16)19(22)26/h1-6,9-12,16-17H,7-8H2/t9-,10-,11-,12+,16+,17+/m0/s1. The summed E-state index contributed by atoms with van der Waals surface area (Å²) in [6.07, 6.45) is 5.38. The monoisotopic (exact) mass is 348 g/mol. The van der Waals surface area contributed by atoms with Crippen molar-refractivity contribution in [2.75, 3.05) is 6.54 Å². The van der Waals surface area contributed by atoms with E-state index in [1.54, 1.807) is 18.2 Å². The molecule has 26 heavy (non-hydrogen) atoms. The molecule has 1 aromatic heterocycles. The van der Waals surface area contributed by atoms with Crippen molar-refractivity contribution in [3.8, 4) is 0 Å². The van der Waals surface area contributed by atoms with E-state index in [2.05, 4.69) is 22.5 Å². The lowest BCUT2D eigenvalue weighted by Gasteiger charge is -2.37. The molecule has 0 unspecified atom stereocenters. The van der Waals surface area contributed by atoms with Crippen LogP contribution >= 0.6 is 0 Å². The second kappa shape index (κ2) is 4.66. The second-order valence-electron chi connectivity index (χ2n) is 7.80. The first-order valence-electron chi connectivity index (χ1n) is 9.02. The largest absolute Gasteiger partial charge is 0.274 e. The Hall–Kier alpha value is -2.83. The van der Waals surface area contributed by atoms with E-state index < -0.39 is 5.91 Å². The van der Waals surface area contributed by atoms with Gasteiger partial charge in [0.2, 0.25) is 11.8 Å². The van der Waals surface area contributed by atoms with Crippen molar-refractivity contribution >= 4 is 28.8 Å². The van der Waals surface area contributed by atoms with E-state index in [-0.39, 0.29) is 42.0 Å². The Morgan fingerprint density at radius 2 is 1.69 bits per heavy atom. The Morgan fingerprint density at radius 3 is 2.38 bits per heavy atom. The van der Waals surface area contributed by atoms with E-state index in [1.165, 1.54) is 4.68 Å². The van der Waals surface area contributed by atoms with Gasteiger partial charge in [0, 0.05) is 0 Å². The van der Waals surface area contributed by atoms with Gasteiger partial charge in [-0.1, -0.05) is 29.5 Å². The third kappa shape index (κ3) is 1.65. The molecule has 0 spiro atoms. The zero-order valence-corrected chi connectivity index (χ0v) is 13.9. The zero-order chi connectivity index (χ0) is 17.6. The Labute approximate surface area is 148 Å². The van der Waals surface area contributed by atoms with Gasteiger partial charge in [-0.2, -0.15) is 4.68 Å². The van der Waals surface area contributed by atoms with Crippen LogP contribution in [0.3, 0.4) is 0 Å². The first-order chi connectivity index (χ1) is 12.6. The average molecular weight is 348 g/mol. The van der Waals surface area contributed by atoms with Crippen LogP contribution in [0.5, 0.6) is 0 Å². The number of likely N-dealkylation sites (tertiary alicyclic amines) is 1. The summed E-state index contributed by atoms with van der Waals surface area (Å²) in [6.45, 7) is -0.271. The maximum absolute atomic E-state index is 12.9. The highest BCUT2D eigenvalue weighted by Crippen LogP contribution is 2.65. The fraction of sp³-hybridized carbons (Fsp3) is 0.421. The Kier molecular flexibility index (Phi) is 2.57. The van der Waals surface area contributed by atoms with Gasteiger partial charge in [0.1, 0.15) is 12.1 Å². The number of nitrogens with zero attached hydrogens (tertiary/aromatic N) is 4. The van der Waals surface area contributed by atoms with Crippen molar-refractivity contribution in [1.29, 1.82) is 0 Å². The number of allylic oxidation sites excluding steroid dienone is 2. The molecule has 3 fully saturated rings. The van der Waals surface area contributed by atoms with Crippen molar-refractivity contribution in [1.82, 2.24) is 19.9 Å². The fourth-order valence-electron chi connectivity index (χ4n) is 5.43. The minimum atomic E-state index is -0.412. The summed E-state index contributed by atoms with van der Waals surface area (Å²) < 4.78 is 1.18. The lowest BCUT2D eigenvalue weighted by molar-refractivity contribution is -0.139. The number of carbonyl (C=O) groups excluding carboxylic acids is 3. The normalized spacial score (nSPS) is 36.5. The number of fused-ring (bicyclic) bond motifs is 1. The van der Waals surface area contributed by atoms with E-state index in [1.807, 2.05) is 6.07 Å². The highest BCUT2D eigenvalue weighted by molar-refractivity contribution is 6.08. The highest BCUT2D eigenvalue weighted by Gasteiger charge is 2.67. The van der Waals surface area contributed by atoms with Crippen LogP contribution in [-0.2, 0) is 9.59 Å². The molecule has 0 N–H and O–H groups in total. The molecule has 6 atom stereocenters. The van der Waals surface area contributed by atoms with Gasteiger partial charge in [-0.15, -0.1) is 5.10 Å². The molecule has 2 bridgehead atoms. The van der Waals surface area contributed by atoms with Crippen molar-refractivity contribution in [2.45, 2.75) is 6.42 Å². The molecule has 7 nitrogen and oxygen atoms in total. The third-order valence-corrected chi connectivity index (χ3v) is 6.64. The van der Waals surface area contributed by atoms with Crippen LogP contribution in [0.1, 0.15) is 11.2 Å². The smallest absolute Gasteiger partial charge is 0.268 e. The first kappa shape index (κ1) is 14.4. The molecule has 0 radical (unpaired) electrons. The molecule has 7 heteroatoms. The van der Waals surface area contributed by atoms with E-state index in [4.69, 9.17) is 0 Å². The van der Waals surface area contributed by atoms with Gasteiger partial charge in [0.25, 0.3) is 5.91 Å². The molecule has 2 amide bonds. The molecule has 130 valence electrons. The number of carbonyl (C=O) groups is 3. The number of hydrogen-bond donors (Lipinski definition) is 0. The predicted octanol–water partition coefficient (Wildman–Crippen LogP) is 1.12. The summed E-state index contributed by atoms with van der Waals surface area (Å²) >= 11 is 0. The summed E-state index contributed by atoms with van der Waals surface area (Å²) in [7, 11) is 0. The third-order valence-electron chi connectivity index (χ3n) is 6.64. The van der Waals surface area contributed by atoms with Gasteiger partial charge in [0.05, 0.1) is 17.4 Å². The van der Waals surface area contributed by atoms with Crippen molar-refractivity contribution < 1.29 is 14.4 Å². The average Bonchev–Trinajstić information content (AvgIpc) is 3.32. The van der Waals surface area contributed by atoms with Gasteiger partial charge in [-0.3, -0.25) is 19.3 Å². The maximum atomic E-state index is 12.9. The quantitative estimate of drug-likeness (QED) is 0.600. The van der Waals surface area contributed by atoms with Crippen molar-refractivity contribution in [3.63, 3.8) is 0 Å². The number of aromatic nitrogens is 3. The van der Waals surface area contributed by atoms with Crippen LogP contribution in [0.4, 0.5) is 0 Å². The van der Waals surface area contributed by atoms with E-state index in [9.17, 15) is 14.4 Å². The first-order valence-corrected chi connectivity index (χ1v) is 9.02. The molecular weight excluding hydrogens is 332 g/mol. The van der Waals surface area contributed by atoms with Crippen LogP contribution in [0, 0.1) is 35.5 Å². The fourth-order valence-corrected chi connectivity index (χ4v) is 5.43. The maximum Gasteiger partial charge on any atom is 0.268 e. The summed E-state index contributed by atoms with van der Waals surface area (Å²) in [5, 5.41) is 7.86. The van der Waals surface area contributed by atoms with E-state index >= 15 is 0 Å². The molecule has 1 saturated heterocycles. The van der Waals surface area contributed by atoms with Gasteiger partial charge < -0.3 is 0 Å². The summed E-state index contributed by atoms with van der Waals surface area (Å²) in [5.74, 6) is 0.0888. The zero-order valence-electron chi connectivity index (χ0n) is 13.9. The van der Waals surface area contributed by atoms with Crippen LogP contribution < -0.4 is 0 Å². The van der Waals surface area contributed by atoms with Gasteiger partial charge in [-0.25, -0.2) is 0 Å². The summed E-state index contributed by atoms with van der Waals surface area (Å²) in [6, 6.07) is 7.13. The van der Waals surface area contributed by atoms with Crippen LogP contribution in [0.2, 0.25) is 0 Å². The molecule has 4 aliphatic carbocycles. The summed E-state index contributed by atoms with van der Waals surface area (Å²) in [4.78, 5) is 39.8. The molecule has 7 rings (SSSR count). The lowest BCUT2D eigenvalue weighted by atomic mass is 9.63. The van der Waals surface area contributed by atoms with Crippen molar-refractivity contribution in [3.05, 3.63) is 36.4 Å². The number of benzene rings is 1. The van der Waals surface area contributed by atoms with Crippen molar-refractivity contribution in [2.24, 2.45) is 35.5 Å². The molecule has 2 heterocycles. The van der Waals surface area contributed by atoms with Crippen LogP contribution in [0.15, 0.2) is 36.4 Å². The molecule has 1 aliphatic heterocycles. The van der Waals surface area contributed by atoms with Gasteiger partial charge in [0.15, 0.2) is 0 Å². The van der Waals surface area contributed by atoms with Crippen LogP contribution in [-0.4, -0.2) is 44.2 Å². The number of rotatable bonds is 2. The van der Waals surface area contributed by atoms with E-state index in [0.29, 0.717) is 22.9 Å². The van der Waals surface area contributed by atoms with Gasteiger partial charge >= 0.3 is 0 Å². The minimum absolute atomic E-state index is 0.166. The topological polar surface area (TPSA) is 85.2 Å². The molecule has 2 saturated carbocycles. The number of hydrogen-bond acceptors (Lipinski definition) is 5. The van der Waals surface area contributed by atoms with Crippen LogP contribution in [0.25, 0.3) is 11.0 Å². The van der Waals surface area contributed by atoms with Gasteiger partial charge in [-0.05, 0) is 42.2 Å². The second-order valence-corrected chi connectivity index (χ2v) is 7.80. The molecule has 2 aromatic rings. The van der Waals surface area contributed by atoms with E-state index in [0.717, 1.165) is 11.3 Å². The Bertz CT molecular complexity index is 989. The number of para-hydroxylation sites is 1. The molecular formula is C19H16N4O3. The summed E-state index contributed by atoms with van der Waals surface area (Å²) in [5.41, 5.74) is 1.19. The predicted molar refractivity (Wildman–Crippen MR) is 89.6 cm³/mol. The SMILES string of the molecule is O=C1[C@@H]2[C@H]3C=C[C@@H]([C@@H]4C[C@H]34)[C@H]2C(=O)N1CC(=O)n1nnc2ccccc21. The highest BCUT2D eigenvalue weighted by atomic mass is 16.2. The lowest BCUT2D eigenvalue weighted by Crippen LogP contribution is -2.40. The Morgan fingerprint density at radius 1 is 1.04 bits per heavy atom. The molecule has 1 aromatic carbocycles. The Balaban J connectivity index is 1.31. The number of amides is 2. The number of imide groups is 1. The molecule has 5 aliphatic rings.